The first-order valence-electron chi connectivity index (χ1n) is 14.2. The summed E-state index contributed by atoms with van der Waals surface area (Å²) in [6.07, 6.45) is 0.0257. The first kappa shape index (κ1) is 30.7. The van der Waals surface area contributed by atoms with Crippen molar-refractivity contribution in [3.05, 3.63) is 95.1 Å². The van der Waals surface area contributed by atoms with Gasteiger partial charge in [-0.05, 0) is 55.4 Å². The van der Waals surface area contributed by atoms with Crippen LogP contribution in [0.1, 0.15) is 40.9 Å². The fraction of sp³-hybridized carbons (Fsp3) is 0.364. The number of carbonyl (C=O) groups is 3. The van der Waals surface area contributed by atoms with Crippen LogP contribution in [-0.4, -0.2) is 76.7 Å². The Kier molecular flexibility index (Phi) is 10.3. The molecule has 0 aliphatic carbocycles. The Morgan fingerprint density at radius 2 is 1.79 bits per heavy atom. The highest BCUT2D eigenvalue weighted by Gasteiger charge is 2.31. The Morgan fingerprint density at radius 1 is 1.07 bits per heavy atom. The maximum absolute atomic E-state index is 13.5. The van der Waals surface area contributed by atoms with Crippen molar-refractivity contribution in [2.75, 3.05) is 32.1 Å². The van der Waals surface area contributed by atoms with E-state index in [-0.39, 0.29) is 54.9 Å². The summed E-state index contributed by atoms with van der Waals surface area (Å²) in [5.74, 6) is -0.712. The molecule has 2 amide bonds. The minimum absolute atomic E-state index is 0.0593. The van der Waals surface area contributed by atoms with Crippen LogP contribution in [0.2, 0.25) is 0 Å². The van der Waals surface area contributed by atoms with E-state index in [2.05, 4.69) is 10.2 Å². The highest BCUT2D eigenvalue weighted by atomic mass is 16.5. The minimum atomic E-state index is -0.962. The summed E-state index contributed by atoms with van der Waals surface area (Å²) < 4.78 is 6.58. The van der Waals surface area contributed by atoms with E-state index in [1.54, 1.807) is 47.4 Å². The normalized spacial score (nSPS) is 17.8. The first-order chi connectivity index (χ1) is 20.1. The Labute approximate surface area is 246 Å². The number of nitrogens with one attached hydrogen (secondary N) is 1. The van der Waals surface area contributed by atoms with Crippen LogP contribution in [0.4, 0.5) is 5.69 Å². The van der Waals surface area contributed by atoms with E-state index in [1.807, 2.05) is 51.2 Å². The summed E-state index contributed by atoms with van der Waals surface area (Å²) in [6, 6.07) is 21.3. The van der Waals surface area contributed by atoms with Crippen molar-refractivity contribution < 1.29 is 29.3 Å². The number of hydrogen-bond acceptors (Lipinski definition) is 6. The summed E-state index contributed by atoms with van der Waals surface area (Å²) >= 11 is 0. The largest absolute Gasteiger partial charge is 0.488 e. The number of aliphatic hydroxyl groups is 1. The second-order valence-electron chi connectivity index (χ2n) is 11.1. The van der Waals surface area contributed by atoms with E-state index in [0.29, 0.717) is 36.6 Å². The third-order valence-corrected chi connectivity index (χ3v) is 7.55. The lowest BCUT2D eigenvalue weighted by molar-refractivity contribution is -0.134. The van der Waals surface area contributed by atoms with Gasteiger partial charge in [-0.15, -0.1) is 0 Å². The molecule has 1 heterocycles. The maximum atomic E-state index is 13.5. The highest BCUT2D eigenvalue weighted by Crippen LogP contribution is 2.29. The SMILES string of the molecule is C[C@@H]1CN([C@@H](C)CO)C(=O)Cc2cc(NC(=O)Cc3ccccc3)ccc2O[C@@H]1CN(C)Cc1ccc(C(=O)O)cc1. The number of rotatable bonds is 10. The standard InChI is InChI=1S/C33H39N3O6/c1-22-18-36(23(2)21-37)32(39)17-27-16-28(34-31(38)15-24-7-5-4-6-8-24)13-14-29(27)42-30(22)20-35(3)19-25-9-11-26(12-10-25)33(40)41/h4-14,16,22-23,30,37H,15,17-21H2,1-3H3,(H,34,38)(H,40,41)/t22-,23+,30-/m1/s1. The fourth-order valence-corrected chi connectivity index (χ4v) is 5.15. The predicted octanol–water partition coefficient (Wildman–Crippen LogP) is 3.85. The number of carboxylic acids is 1. The van der Waals surface area contributed by atoms with Gasteiger partial charge in [-0.1, -0.05) is 49.4 Å². The molecule has 4 rings (SSSR count). The van der Waals surface area contributed by atoms with Crippen molar-refractivity contribution in [2.24, 2.45) is 5.92 Å². The number of nitrogens with zero attached hydrogens (tertiary/aromatic N) is 2. The lowest BCUT2D eigenvalue weighted by Gasteiger charge is -2.34. The zero-order chi connectivity index (χ0) is 30.2. The van der Waals surface area contributed by atoms with Crippen LogP contribution in [0.5, 0.6) is 5.75 Å². The second kappa shape index (κ2) is 14.1. The average Bonchev–Trinajstić information content (AvgIpc) is 3.00. The number of aliphatic hydroxyl groups excluding tert-OH is 1. The van der Waals surface area contributed by atoms with E-state index in [4.69, 9.17) is 4.74 Å². The molecule has 9 nitrogen and oxygen atoms in total. The molecule has 3 atom stereocenters. The molecule has 0 bridgehead atoms. The zero-order valence-electron chi connectivity index (χ0n) is 24.3. The molecule has 0 saturated carbocycles. The second-order valence-corrected chi connectivity index (χ2v) is 11.1. The number of hydrogen-bond donors (Lipinski definition) is 3. The molecule has 0 saturated heterocycles. The van der Waals surface area contributed by atoms with Crippen LogP contribution in [0, 0.1) is 5.92 Å². The number of anilines is 1. The number of carbonyl (C=O) groups excluding carboxylic acids is 2. The molecular formula is C33H39N3O6. The van der Waals surface area contributed by atoms with E-state index >= 15 is 0 Å². The number of carboxylic acid groups (broad SMARTS) is 1. The van der Waals surface area contributed by atoms with Crippen LogP contribution >= 0.6 is 0 Å². The molecule has 0 spiro atoms. The molecule has 1 aliphatic heterocycles. The number of amides is 2. The summed E-state index contributed by atoms with van der Waals surface area (Å²) in [5, 5.41) is 22.0. The Morgan fingerprint density at radius 3 is 2.45 bits per heavy atom. The molecule has 222 valence electrons. The molecule has 0 unspecified atom stereocenters. The number of likely N-dealkylation sites (N-methyl/N-ethyl adjacent to an activating group) is 1. The lowest BCUT2D eigenvalue weighted by atomic mass is 10.0. The van der Waals surface area contributed by atoms with Crippen molar-refractivity contribution in [1.29, 1.82) is 0 Å². The topological polar surface area (TPSA) is 119 Å². The Balaban J connectivity index is 1.55. The molecule has 3 aromatic carbocycles. The fourth-order valence-electron chi connectivity index (χ4n) is 5.15. The van der Waals surface area contributed by atoms with Gasteiger partial charge in [0.25, 0.3) is 0 Å². The highest BCUT2D eigenvalue weighted by molar-refractivity contribution is 5.92. The minimum Gasteiger partial charge on any atom is -0.488 e. The lowest BCUT2D eigenvalue weighted by Crippen LogP contribution is -2.47. The van der Waals surface area contributed by atoms with Gasteiger partial charge in [0.15, 0.2) is 0 Å². The molecule has 9 heteroatoms. The molecule has 3 aromatic rings. The van der Waals surface area contributed by atoms with Crippen molar-refractivity contribution in [2.45, 2.75) is 45.4 Å². The smallest absolute Gasteiger partial charge is 0.335 e. The van der Waals surface area contributed by atoms with Crippen molar-refractivity contribution in [1.82, 2.24) is 9.80 Å². The first-order valence-corrected chi connectivity index (χ1v) is 14.2. The molecular weight excluding hydrogens is 534 g/mol. The molecule has 0 fully saturated rings. The number of ether oxygens (including phenoxy) is 1. The predicted molar refractivity (Wildman–Crippen MR) is 160 cm³/mol. The van der Waals surface area contributed by atoms with Crippen LogP contribution in [-0.2, 0) is 29.0 Å². The van der Waals surface area contributed by atoms with E-state index < -0.39 is 5.97 Å². The summed E-state index contributed by atoms with van der Waals surface area (Å²) in [4.78, 5) is 41.2. The van der Waals surface area contributed by atoms with Gasteiger partial charge >= 0.3 is 5.97 Å². The average molecular weight is 574 g/mol. The number of fused-ring (bicyclic) bond motifs is 1. The van der Waals surface area contributed by atoms with Gasteiger partial charge in [0, 0.05) is 36.8 Å². The van der Waals surface area contributed by atoms with Crippen molar-refractivity contribution in [3.8, 4) is 5.75 Å². The molecule has 1 aliphatic rings. The van der Waals surface area contributed by atoms with Crippen molar-refractivity contribution >= 4 is 23.5 Å². The van der Waals surface area contributed by atoms with Crippen LogP contribution in [0.25, 0.3) is 0 Å². The van der Waals surface area contributed by atoms with E-state index in [1.165, 1.54) is 0 Å². The molecule has 0 radical (unpaired) electrons. The van der Waals surface area contributed by atoms with Gasteiger partial charge in [-0.2, -0.15) is 0 Å². The molecule has 3 N–H and O–H groups in total. The Bertz CT molecular complexity index is 1380. The number of benzene rings is 3. The van der Waals surface area contributed by atoms with Crippen LogP contribution in [0.3, 0.4) is 0 Å². The van der Waals surface area contributed by atoms with Gasteiger partial charge in [-0.25, -0.2) is 4.79 Å². The van der Waals surface area contributed by atoms with Gasteiger partial charge in [0.2, 0.25) is 11.8 Å². The quantitative estimate of drug-likeness (QED) is 0.337. The van der Waals surface area contributed by atoms with Gasteiger partial charge in [0.05, 0.1) is 31.1 Å². The summed E-state index contributed by atoms with van der Waals surface area (Å²) in [6.45, 7) is 5.26. The van der Waals surface area contributed by atoms with Gasteiger partial charge in [-0.3, -0.25) is 14.5 Å². The van der Waals surface area contributed by atoms with Crippen molar-refractivity contribution in [3.63, 3.8) is 0 Å². The summed E-state index contributed by atoms with van der Waals surface area (Å²) in [5.41, 5.74) is 3.37. The van der Waals surface area contributed by atoms with E-state index in [9.17, 15) is 24.6 Å². The van der Waals surface area contributed by atoms with Crippen LogP contribution in [0.15, 0.2) is 72.8 Å². The molecule has 42 heavy (non-hydrogen) atoms. The van der Waals surface area contributed by atoms with Crippen LogP contribution < -0.4 is 10.1 Å². The monoisotopic (exact) mass is 573 g/mol. The third kappa shape index (κ3) is 8.18. The maximum Gasteiger partial charge on any atom is 0.335 e. The zero-order valence-corrected chi connectivity index (χ0v) is 24.3. The van der Waals surface area contributed by atoms with Gasteiger partial charge in [0.1, 0.15) is 11.9 Å². The van der Waals surface area contributed by atoms with E-state index in [0.717, 1.165) is 11.1 Å². The summed E-state index contributed by atoms with van der Waals surface area (Å²) in [7, 11) is 1.97. The Hall–Kier alpha value is -4.21. The number of aromatic carboxylic acids is 1. The molecule has 0 aromatic heterocycles. The van der Waals surface area contributed by atoms with Gasteiger partial charge < -0.3 is 25.2 Å². The third-order valence-electron chi connectivity index (χ3n) is 7.55.